The van der Waals surface area contributed by atoms with Gasteiger partial charge in [0.2, 0.25) is 5.75 Å². The van der Waals surface area contributed by atoms with Crippen LogP contribution in [0.25, 0.3) is 10.8 Å². The number of methoxy groups -OCH3 is 3. The van der Waals surface area contributed by atoms with Crippen molar-refractivity contribution in [3.63, 3.8) is 0 Å². The van der Waals surface area contributed by atoms with E-state index in [2.05, 4.69) is 5.32 Å². The molecule has 0 saturated heterocycles. The van der Waals surface area contributed by atoms with E-state index in [1.807, 2.05) is 54.6 Å². The van der Waals surface area contributed by atoms with Gasteiger partial charge in [0.05, 0.1) is 21.3 Å². The summed E-state index contributed by atoms with van der Waals surface area (Å²) in [6.07, 6.45) is 0. The van der Waals surface area contributed by atoms with E-state index >= 15 is 0 Å². The third-order valence-electron chi connectivity index (χ3n) is 4.21. The largest absolute Gasteiger partial charge is 0.493 e. The Bertz CT molecular complexity index is 906. The van der Waals surface area contributed by atoms with Crippen molar-refractivity contribution in [2.75, 3.05) is 21.3 Å². The fourth-order valence-electron chi connectivity index (χ4n) is 2.94. The van der Waals surface area contributed by atoms with Crippen LogP contribution in [0.2, 0.25) is 0 Å². The van der Waals surface area contributed by atoms with Crippen molar-refractivity contribution in [1.29, 1.82) is 0 Å². The summed E-state index contributed by atoms with van der Waals surface area (Å²) in [6.45, 7) is 0.346. The minimum atomic E-state index is -0.129. The van der Waals surface area contributed by atoms with E-state index in [-0.39, 0.29) is 5.91 Å². The van der Waals surface area contributed by atoms with Crippen LogP contribution in [-0.2, 0) is 6.54 Å². The van der Waals surface area contributed by atoms with Crippen molar-refractivity contribution in [1.82, 2.24) is 5.32 Å². The highest BCUT2D eigenvalue weighted by molar-refractivity contribution is 6.06. The molecule has 0 aliphatic heterocycles. The summed E-state index contributed by atoms with van der Waals surface area (Å²) in [6, 6.07) is 17.2. The Morgan fingerprint density at radius 2 is 1.54 bits per heavy atom. The van der Waals surface area contributed by atoms with Gasteiger partial charge in [-0.3, -0.25) is 4.79 Å². The van der Waals surface area contributed by atoms with Gasteiger partial charge in [-0.2, -0.15) is 0 Å². The lowest BCUT2D eigenvalue weighted by molar-refractivity contribution is 0.0952. The number of hydrogen-bond donors (Lipinski definition) is 1. The monoisotopic (exact) mass is 351 g/mol. The summed E-state index contributed by atoms with van der Waals surface area (Å²) in [4.78, 5) is 12.7. The Kier molecular flexibility index (Phi) is 5.27. The molecule has 0 aromatic heterocycles. The number of carbonyl (C=O) groups excluding carboxylic acids is 1. The summed E-state index contributed by atoms with van der Waals surface area (Å²) >= 11 is 0. The van der Waals surface area contributed by atoms with E-state index in [1.54, 1.807) is 21.3 Å². The number of fused-ring (bicyclic) bond motifs is 1. The fraction of sp³-hybridized carbons (Fsp3) is 0.190. The van der Waals surface area contributed by atoms with Crippen molar-refractivity contribution >= 4 is 16.7 Å². The number of ether oxygens (including phenoxy) is 3. The zero-order valence-electron chi connectivity index (χ0n) is 15.0. The normalized spacial score (nSPS) is 10.4. The van der Waals surface area contributed by atoms with Gasteiger partial charge in [0.15, 0.2) is 11.5 Å². The van der Waals surface area contributed by atoms with Gasteiger partial charge in [-0.15, -0.1) is 0 Å². The summed E-state index contributed by atoms with van der Waals surface area (Å²) in [5.74, 6) is 1.51. The van der Waals surface area contributed by atoms with E-state index in [4.69, 9.17) is 14.2 Å². The quantitative estimate of drug-likeness (QED) is 0.734. The minimum Gasteiger partial charge on any atom is -0.493 e. The van der Waals surface area contributed by atoms with Gasteiger partial charge in [-0.05, 0) is 34.5 Å². The molecule has 0 aliphatic rings. The molecular formula is C21H21NO4. The zero-order chi connectivity index (χ0) is 18.5. The molecule has 3 rings (SSSR count). The Morgan fingerprint density at radius 3 is 2.19 bits per heavy atom. The molecule has 5 heteroatoms. The van der Waals surface area contributed by atoms with Crippen LogP contribution < -0.4 is 19.5 Å². The molecular weight excluding hydrogens is 330 g/mol. The molecule has 0 spiro atoms. The van der Waals surface area contributed by atoms with Gasteiger partial charge >= 0.3 is 0 Å². The highest BCUT2D eigenvalue weighted by atomic mass is 16.5. The maximum absolute atomic E-state index is 12.7. The molecule has 0 aliphatic carbocycles. The van der Waals surface area contributed by atoms with Crippen LogP contribution in [0.1, 0.15) is 15.9 Å². The van der Waals surface area contributed by atoms with E-state index in [0.717, 1.165) is 16.3 Å². The summed E-state index contributed by atoms with van der Waals surface area (Å²) in [5, 5.41) is 4.92. The third-order valence-corrected chi connectivity index (χ3v) is 4.21. The predicted octanol–water partition coefficient (Wildman–Crippen LogP) is 3.80. The predicted molar refractivity (Wildman–Crippen MR) is 101 cm³/mol. The molecule has 0 saturated carbocycles. The first kappa shape index (κ1) is 17.6. The van der Waals surface area contributed by atoms with E-state index in [1.165, 1.54) is 0 Å². The number of nitrogens with one attached hydrogen (secondary N) is 1. The van der Waals surface area contributed by atoms with Gasteiger partial charge in [-0.25, -0.2) is 0 Å². The van der Waals surface area contributed by atoms with Crippen molar-refractivity contribution < 1.29 is 19.0 Å². The lowest BCUT2D eigenvalue weighted by atomic mass is 10.0. The van der Waals surface area contributed by atoms with Crippen LogP contribution in [0.5, 0.6) is 17.2 Å². The molecule has 0 atom stereocenters. The molecule has 3 aromatic carbocycles. The highest BCUT2D eigenvalue weighted by Crippen LogP contribution is 2.38. The molecule has 1 N–H and O–H groups in total. The maximum Gasteiger partial charge on any atom is 0.252 e. The van der Waals surface area contributed by atoms with Crippen molar-refractivity contribution in [3.8, 4) is 17.2 Å². The SMILES string of the molecule is COc1cc(CNC(=O)c2cccc3ccccc23)cc(OC)c1OC. The van der Waals surface area contributed by atoms with Crippen LogP contribution in [0.4, 0.5) is 0 Å². The number of amides is 1. The summed E-state index contributed by atoms with van der Waals surface area (Å²) in [5.41, 5.74) is 1.50. The number of benzene rings is 3. The zero-order valence-corrected chi connectivity index (χ0v) is 15.0. The number of rotatable bonds is 6. The van der Waals surface area contributed by atoms with Crippen molar-refractivity contribution in [2.24, 2.45) is 0 Å². The number of hydrogen-bond acceptors (Lipinski definition) is 4. The van der Waals surface area contributed by atoms with Crippen LogP contribution >= 0.6 is 0 Å². The number of carbonyl (C=O) groups is 1. The first-order chi connectivity index (χ1) is 12.7. The second kappa shape index (κ2) is 7.78. The molecule has 0 bridgehead atoms. The second-order valence-corrected chi connectivity index (χ2v) is 5.74. The van der Waals surface area contributed by atoms with Gasteiger partial charge in [0.1, 0.15) is 0 Å². The Balaban J connectivity index is 1.83. The molecule has 0 unspecified atom stereocenters. The molecule has 26 heavy (non-hydrogen) atoms. The van der Waals surface area contributed by atoms with Crippen molar-refractivity contribution in [2.45, 2.75) is 6.54 Å². The lowest BCUT2D eigenvalue weighted by Crippen LogP contribution is -2.23. The van der Waals surface area contributed by atoms with Gasteiger partial charge in [-0.1, -0.05) is 36.4 Å². The molecule has 0 radical (unpaired) electrons. The van der Waals surface area contributed by atoms with E-state index in [0.29, 0.717) is 29.4 Å². The van der Waals surface area contributed by atoms with Gasteiger partial charge < -0.3 is 19.5 Å². The fourth-order valence-corrected chi connectivity index (χ4v) is 2.94. The topological polar surface area (TPSA) is 56.8 Å². The Morgan fingerprint density at radius 1 is 0.885 bits per heavy atom. The first-order valence-corrected chi connectivity index (χ1v) is 8.22. The molecule has 134 valence electrons. The van der Waals surface area contributed by atoms with Crippen LogP contribution in [0.15, 0.2) is 54.6 Å². The second-order valence-electron chi connectivity index (χ2n) is 5.74. The molecule has 5 nitrogen and oxygen atoms in total. The lowest BCUT2D eigenvalue weighted by Gasteiger charge is -2.14. The standard InChI is InChI=1S/C21H21NO4/c1-24-18-11-14(12-19(25-2)20(18)26-3)13-22-21(23)17-10-6-8-15-7-4-5-9-16(15)17/h4-12H,13H2,1-3H3,(H,22,23). The Labute approximate surface area is 152 Å². The highest BCUT2D eigenvalue weighted by Gasteiger charge is 2.14. The summed E-state index contributed by atoms with van der Waals surface area (Å²) < 4.78 is 16.0. The average molecular weight is 351 g/mol. The van der Waals surface area contributed by atoms with Crippen LogP contribution in [0, 0.1) is 0 Å². The van der Waals surface area contributed by atoms with Gasteiger partial charge in [0, 0.05) is 12.1 Å². The molecule has 0 fully saturated rings. The Hall–Kier alpha value is -3.21. The van der Waals surface area contributed by atoms with Gasteiger partial charge in [0.25, 0.3) is 5.91 Å². The smallest absolute Gasteiger partial charge is 0.252 e. The first-order valence-electron chi connectivity index (χ1n) is 8.22. The van der Waals surface area contributed by atoms with E-state index < -0.39 is 0 Å². The molecule has 3 aromatic rings. The van der Waals surface area contributed by atoms with Crippen molar-refractivity contribution in [3.05, 3.63) is 65.7 Å². The molecule has 1 amide bonds. The third kappa shape index (κ3) is 3.42. The maximum atomic E-state index is 12.7. The van der Waals surface area contributed by atoms with Crippen LogP contribution in [0.3, 0.4) is 0 Å². The minimum absolute atomic E-state index is 0.129. The van der Waals surface area contributed by atoms with Crippen LogP contribution in [-0.4, -0.2) is 27.2 Å². The average Bonchev–Trinajstić information content (AvgIpc) is 2.70. The summed E-state index contributed by atoms with van der Waals surface area (Å²) in [7, 11) is 4.69. The molecule has 0 heterocycles. The van der Waals surface area contributed by atoms with E-state index in [9.17, 15) is 4.79 Å².